The smallest absolute Gasteiger partial charge is 0.251 e. The van der Waals surface area contributed by atoms with E-state index in [2.05, 4.69) is 5.32 Å². The van der Waals surface area contributed by atoms with Gasteiger partial charge in [0.25, 0.3) is 5.56 Å². The van der Waals surface area contributed by atoms with Gasteiger partial charge in [-0.15, -0.1) is 0 Å². The summed E-state index contributed by atoms with van der Waals surface area (Å²) >= 11 is 6.10. The second-order valence-electron chi connectivity index (χ2n) is 8.93. The largest absolute Gasteiger partial charge is 0.370 e. The minimum absolute atomic E-state index is 0.0288. The Bertz CT molecular complexity index is 1390. The van der Waals surface area contributed by atoms with E-state index in [1.807, 2.05) is 13.8 Å². The van der Waals surface area contributed by atoms with E-state index in [0.717, 1.165) is 0 Å². The summed E-state index contributed by atoms with van der Waals surface area (Å²) in [5.74, 6) is -1.57. The maximum atomic E-state index is 15.3. The number of amides is 2. The number of nitrogens with one attached hydrogen (secondary N) is 1. The first-order chi connectivity index (χ1) is 17.1. The summed E-state index contributed by atoms with van der Waals surface area (Å²) in [5, 5.41) is 2.75. The quantitative estimate of drug-likeness (QED) is 0.502. The molecule has 0 unspecified atom stereocenters. The van der Waals surface area contributed by atoms with Crippen LogP contribution in [0, 0.1) is 5.82 Å². The Morgan fingerprint density at radius 1 is 1.22 bits per heavy atom. The zero-order valence-electron chi connectivity index (χ0n) is 20.2. The van der Waals surface area contributed by atoms with Crippen LogP contribution < -0.4 is 16.6 Å². The number of anilines is 1. The number of ether oxygens (including phenoxy) is 1. The second kappa shape index (κ2) is 10.2. The summed E-state index contributed by atoms with van der Waals surface area (Å²) in [6, 6.07) is 9.91. The molecule has 1 aliphatic heterocycles. The third-order valence-electron chi connectivity index (χ3n) is 6.41. The Labute approximate surface area is 213 Å². The van der Waals surface area contributed by atoms with Gasteiger partial charge in [-0.25, -0.2) is 4.39 Å². The Kier molecular flexibility index (Phi) is 7.28. The van der Waals surface area contributed by atoms with Crippen molar-refractivity contribution >= 4 is 29.1 Å². The van der Waals surface area contributed by atoms with Crippen molar-refractivity contribution in [1.82, 2.24) is 4.57 Å². The van der Waals surface area contributed by atoms with Gasteiger partial charge in [-0.3, -0.25) is 14.4 Å². The fourth-order valence-electron chi connectivity index (χ4n) is 4.63. The van der Waals surface area contributed by atoms with Gasteiger partial charge in [0.05, 0.1) is 17.2 Å². The number of carbonyl (C=O) groups excluding carboxylic acids is 2. The van der Waals surface area contributed by atoms with Crippen molar-refractivity contribution < 1.29 is 18.7 Å². The van der Waals surface area contributed by atoms with E-state index in [-0.39, 0.29) is 16.7 Å². The third-order valence-corrected chi connectivity index (χ3v) is 6.70. The molecule has 2 aromatic carbocycles. The molecule has 36 heavy (non-hydrogen) atoms. The molecule has 0 bridgehead atoms. The minimum atomic E-state index is -0.836. The van der Waals surface area contributed by atoms with Crippen LogP contribution in [0.5, 0.6) is 0 Å². The van der Waals surface area contributed by atoms with Crippen LogP contribution in [0.25, 0.3) is 11.1 Å². The molecule has 4 rings (SSSR count). The van der Waals surface area contributed by atoms with Crippen molar-refractivity contribution in [2.75, 3.05) is 5.32 Å². The third kappa shape index (κ3) is 4.92. The number of primary amides is 1. The summed E-state index contributed by atoms with van der Waals surface area (Å²) in [4.78, 5) is 37.7. The molecule has 188 valence electrons. The summed E-state index contributed by atoms with van der Waals surface area (Å²) in [6.07, 6.45) is 1.70. The Hall–Kier alpha value is -3.49. The normalized spacial score (nSPS) is 17.8. The molecule has 1 aliphatic rings. The summed E-state index contributed by atoms with van der Waals surface area (Å²) in [6.45, 7) is 5.53. The molecule has 2 amide bonds. The van der Waals surface area contributed by atoms with Crippen molar-refractivity contribution in [3.05, 3.63) is 86.5 Å². The maximum Gasteiger partial charge on any atom is 0.251 e. The number of hydrogen-bond donors (Lipinski definition) is 2. The van der Waals surface area contributed by atoms with Crippen LogP contribution in [0.4, 0.5) is 10.1 Å². The van der Waals surface area contributed by atoms with E-state index in [4.69, 9.17) is 22.1 Å². The number of aromatic nitrogens is 1. The number of hydrogen-bond acceptors (Lipinski definition) is 4. The highest BCUT2D eigenvalue weighted by Crippen LogP contribution is 2.39. The molecule has 0 saturated carbocycles. The molecule has 3 atom stereocenters. The Morgan fingerprint density at radius 2 is 1.92 bits per heavy atom. The lowest BCUT2D eigenvalue weighted by Crippen LogP contribution is -2.33. The lowest BCUT2D eigenvalue weighted by atomic mass is 9.90. The molecule has 2 heterocycles. The summed E-state index contributed by atoms with van der Waals surface area (Å²) < 4.78 is 22.7. The van der Waals surface area contributed by atoms with Gasteiger partial charge >= 0.3 is 0 Å². The van der Waals surface area contributed by atoms with E-state index < -0.39 is 35.3 Å². The number of carbonyl (C=O) groups is 2. The Morgan fingerprint density at radius 3 is 2.56 bits per heavy atom. The number of halogens is 2. The number of pyridine rings is 1. The van der Waals surface area contributed by atoms with E-state index >= 15 is 4.39 Å². The first kappa shape index (κ1) is 25.6. The van der Waals surface area contributed by atoms with Gasteiger partial charge in [-0.05, 0) is 68.1 Å². The zero-order chi connectivity index (χ0) is 26.1. The van der Waals surface area contributed by atoms with Crippen molar-refractivity contribution in [1.29, 1.82) is 0 Å². The molecule has 9 heteroatoms. The van der Waals surface area contributed by atoms with Gasteiger partial charge < -0.3 is 20.4 Å². The number of benzene rings is 2. The topological polar surface area (TPSA) is 103 Å². The summed E-state index contributed by atoms with van der Waals surface area (Å²) in [5.41, 5.74) is 7.55. The minimum Gasteiger partial charge on any atom is -0.370 e. The second-order valence-corrected chi connectivity index (χ2v) is 9.34. The lowest BCUT2D eigenvalue weighted by Gasteiger charge is -2.28. The highest BCUT2D eigenvalue weighted by atomic mass is 35.5. The van der Waals surface area contributed by atoms with Gasteiger partial charge in [0.2, 0.25) is 11.8 Å². The van der Waals surface area contributed by atoms with Crippen LogP contribution in [0.2, 0.25) is 5.02 Å². The van der Waals surface area contributed by atoms with Crippen molar-refractivity contribution in [2.45, 2.75) is 51.9 Å². The first-order valence-electron chi connectivity index (χ1n) is 11.7. The van der Waals surface area contributed by atoms with E-state index in [0.29, 0.717) is 40.8 Å². The van der Waals surface area contributed by atoms with Crippen molar-refractivity contribution in [3.63, 3.8) is 0 Å². The molecular weight excluding hydrogens is 485 g/mol. The molecular formula is C27H27ClFN3O4. The predicted octanol–water partition coefficient (Wildman–Crippen LogP) is 5.02. The van der Waals surface area contributed by atoms with Crippen molar-refractivity contribution in [2.24, 2.45) is 5.73 Å². The van der Waals surface area contributed by atoms with Gasteiger partial charge in [0, 0.05) is 34.6 Å². The van der Waals surface area contributed by atoms with Crippen LogP contribution in [-0.2, 0) is 16.0 Å². The summed E-state index contributed by atoms with van der Waals surface area (Å²) in [7, 11) is 0. The average molecular weight is 512 g/mol. The van der Waals surface area contributed by atoms with Crippen molar-refractivity contribution in [3.8, 4) is 11.1 Å². The fraction of sp³-hybridized carbons (Fsp3) is 0.296. The molecule has 1 aromatic heterocycles. The van der Waals surface area contributed by atoms with Gasteiger partial charge in [0.15, 0.2) is 0 Å². The Balaban J connectivity index is 1.77. The lowest BCUT2D eigenvalue weighted by molar-refractivity contribution is -0.119. The van der Waals surface area contributed by atoms with Crippen LogP contribution in [0.15, 0.2) is 53.5 Å². The van der Waals surface area contributed by atoms with Crippen LogP contribution >= 0.6 is 11.6 Å². The van der Waals surface area contributed by atoms with Gasteiger partial charge in [0.1, 0.15) is 11.9 Å². The van der Waals surface area contributed by atoms with E-state index in [9.17, 15) is 14.4 Å². The average Bonchev–Trinajstić information content (AvgIpc) is 2.82. The molecule has 0 aliphatic carbocycles. The molecule has 0 fully saturated rings. The first-order valence-corrected chi connectivity index (χ1v) is 12.1. The standard InChI is InChI=1S/C27H27ClFN3O4/c1-4-22(27(35)31-18-8-5-16(6-9-18)26(30)34)32-13-20-15(3)36-14(2)11-17-7-10-21(28)25(29)24(17)19(20)12-23(32)33/h5-10,12-15,22H,4,11H2,1-3H3,(H2,30,34)(H,31,35)/t14-,15+,22+/m1/s1. The van der Waals surface area contributed by atoms with E-state index in [1.54, 1.807) is 31.3 Å². The molecule has 0 spiro atoms. The monoisotopic (exact) mass is 511 g/mol. The molecule has 3 aromatic rings. The van der Waals surface area contributed by atoms with Crippen LogP contribution in [-0.4, -0.2) is 22.5 Å². The highest BCUT2D eigenvalue weighted by Gasteiger charge is 2.28. The van der Waals surface area contributed by atoms with Crippen LogP contribution in [0.1, 0.15) is 60.8 Å². The number of nitrogens with zero attached hydrogens (tertiary/aromatic N) is 1. The van der Waals surface area contributed by atoms with E-state index in [1.165, 1.54) is 28.8 Å². The SMILES string of the molecule is CC[C@@H](C(=O)Nc1ccc(C(N)=O)cc1)n1cc2c(cc1=O)-c1c(ccc(Cl)c1F)C[C@@H](C)O[C@H]2C. The number of rotatable bonds is 5. The van der Waals surface area contributed by atoms with Gasteiger partial charge in [-0.2, -0.15) is 0 Å². The maximum absolute atomic E-state index is 15.3. The molecule has 7 nitrogen and oxygen atoms in total. The molecule has 0 saturated heterocycles. The van der Waals surface area contributed by atoms with Gasteiger partial charge in [-0.1, -0.05) is 24.6 Å². The molecule has 3 N–H and O–H groups in total. The van der Waals surface area contributed by atoms with Crippen LogP contribution in [0.3, 0.4) is 0 Å². The molecule has 0 radical (unpaired) electrons. The predicted molar refractivity (Wildman–Crippen MR) is 137 cm³/mol. The fourth-order valence-corrected chi connectivity index (χ4v) is 4.79. The number of fused-ring (bicyclic) bond motifs is 3. The number of nitrogens with two attached hydrogens (primary N) is 1. The zero-order valence-corrected chi connectivity index (χ0v) is 20.9. The highest BCUT2D eigenvalue weighted by molar-refractivity contribution is 6.31.